The smallest absolute Gasteiger partial charge is 0.221 e. The molecule has 4 nitrogen and oxygen atoms in total. The Hall–Kier alpha value is -2.17. The van der Waals surface area contributed by atoms with Crippen LogP contribution in [0.15, 0.2) is 60.7 Å². The summed E-state index contributed by atoms with van der Waals surface area (Å²) in [4.78, 5) is 14.8. The lowest BCUT2D eigenvalue weighted by molar-refractivity contribution is -0.960. The predicted molar refractivity (Wildman–Crippen MR) is 120 cm³/mol. The number of hydrogen-bond donors (Lipinski definition) is 2. The minimum absolute atomic E-state index is 0.0884. The normalized spacial score (nSPS) is 19.5. The highest BCUT2D eigenvalue weighted by Gasteiger charge is 2.42. The quantitative estimate of drug-likeness (QED) is 0.741. The number of carbonyl (C=O) groups excluding carboxylic acids is 1. The van der Waals surface area contributed by atoms with Gasteiger partial charge >= 0.3 is 0 Å². The van der Waals surface area contributed by atoms with Crippen molar-refractivity contribution in [3.63, 3.8) is 0 Å². The number of ether oxygens (including phenoxy) is 1. The minimum atomic E-state index is 0.0884. The van der Waals surface area contributed by atoms with Crippen LogP contribution in [0.25, 0.3) is 0 Å². The van der Waals surface area contributed by atoms with Gasteiger partial charge in [-0.15, -0.1) is 0 Å². The summed E-state index contributed by atoms with van der Waals surface area (Å²) in [6.07, 6.45) is 6.78. The van der Waals surface area contributed by atoms with Crippen molar-refractivity contribution in [2.24, 2.45) is 0 Å². The molecule has 1 saturated carbocycles. The van der Waals surface area contributed by atoms with Gasteiger partial charge in [0.05, 0.1) is 19.8 Å². The Morgan fingerprint density at radius 3 is 2.03 bits per heavy atom. The zero-order chi connectivity index (χ0) is 20.7. The van der Waals surface area contributed by atoms with E-state index >= 15 is 0 Å². The first-order chi connectivity index (χ1) is 14.8. The van der Waals surface area contributed by atoms with Crippen molar-refractivity contribution in [2.75, 3.05) is 32.8 Å². The Labute approximate surface area is 180 Å². The molecule has 0 atom stereocenters. The van der Waals surface area contributed by atoms with Crippen molar-refractivity contribution in [3.8, 4) is 0 Å². The van der Waals surface area contributed by atoms with Gasteiger partial charge in [0.2, 0.25) is 5.91 Å². The minimum Gasteiger partial charge on any atom is -0.370 e. The molecule has 2 aromatic carbocycles. The third-order valence-corrected chi connectivity index (χ3v) is 7.07. The van der Waals surface area contributed by atoms with Crippen molar-refractivity contribution in [2.45, 2.75) is 50.0 Å². The van der Waals surface area contributed by atoms with E-state index in [0.717, 1.165) is 32.8 Å². The molecule has 2 aliphatic rings. The molecule has 1 saturated heterocycles. The summed E-state index contributed by atoms with van der Waals surface area (Å²) >= 11 is 0. The van der Waals surface area contributed by atoms with E-state index in [1.54, 1.807) is 4.90 Å². The first-order valence-corrected chi connectivity index (χ1v) is 11.6. The molecular weight excluding hydrogens is 372 g/mol. The topological polar surface area (TPSA) is 42.8 Å². The molecule has 2 aromatic rings. The molecule has 1 aliphatic heterocycles. The van der Waals surface area contributed by atoms with Crippen LogP contribution in [0.4, 0.5) is 0 Å². The van der Waals surface area contributed by atoms with Crippen LogP contribution in [0.2, 0.25) is 0 Å². The van der Waals surface area contributed by atoms with Crippen LogP contribution in [0.5, 0.6) is 0 Å². The van der Waals surface area contributed by atoms with Crippen LogP contribution in [-0.4, -0.2) is 44.3 Å². The summed E-state index contributed by atoms with van der Waals surface area (Å²) < 4.78 is 5.60. The fourth-order valence-corrected chi connectivity index (χ4v) is 5.36. The molecule has 4 heteroatoms. The molecule has 0 unspecified atom stereocenters. The number of quaternary nitrogens is 1. The van der Waals surface area contributed by atoms with Gasteiger partial charge in [-0.2, -0.15) is 0 Å². The molecule has 1 aliphatic carbocycles. The molecule has 1 amide bonds. The van der Waals surface area contributed by atoms with Gasteiger partial charge in [-0.1, -0.05) is 67.1 Å². The second kappa shape index (κ2) is 10.2. The van der Waals surface area contributed by atoms with Gasteiger partial charge < -0.3 is 15.0 Å². The number of amides is 1. The average Bonchev–Trinajstić information content (AvgIpc) is 2.83. The lowest BCUT2D eigenvalue weighted by Crippen LogP contribution is -3.23. The zero-order valence-corrected chi connectivity index (χ0v) is 17.9. The fraction of sp³-hybridized carbons (Fsp3) is 0.500. The zero-order valence-electron chi connectivity index (χ0n) is 17.9. The van der Waals surface area contributed by atoms with Crippen LogP contribution in [0, 0.1) is 0 Å². The van der Waals surface area contributed by atoms with Crippen LogP contribution in [0.1, 0.15) is 55.6 Å². The molecule has 160 valence electrons. The molecule has 0 spiro atoms. The monoisotopic (exact) mass is 407 g/mol. The van der Waals surface area contributed by atoms with E-state index < -0.39 is 0 Å². The summed E-state index contributed by atoms with van der Waals surface area (Å²) in [7, 11) is 0. The van der Waals surface area contributed by atoms with Crippen molar-refractivity contribution in [3.05, 3.63) is 71.8 Å². The van der Waals surface area contributed by atoms with E-state index in [-0.39, 0.29) is 17.4 Å². The molecule has 2 N–H and O–H groups in total. The van der Waals surface area contributed by atoms with Crippen molar-refractivity contribution in [1.29, 1.82) is 0 Å². The van der Waals surface area contributed by atoms with E-state index in [9.17, 15) is 4.79 Å². The first-order valence-electron chi connectivity index (χ1n) is 11.6. The Morgan fingerprint density at radius 2 is 1.47 bits per heavy atom. The fourth-order valence-electron chi connectivity index (χ4n) is 5.36. The van der Waals surface area contributed by atoms with Gasteiger partial charge in [-0.3, -0.25) is 4.79 Å². The Bertz CT molecular complexity index is 742. The van der Waals surface area contributed by atoms with E-state index in [1.165, 1.54) is 43.2 Å². The summed E-state index contributed by atoms with van der Waals surface area (Å²) in [5.74, 6) is 0.246. The third kappa shape index (κ3) is 5.11. The van der Waals surface area contributed by atoms with Gasteiger partial charge in [0.15, 0.2) is 0 Å². The summed E-state index contributed by atoms with van der Waals surface area (Å²) in [6, 6.07) is 20.8. The SMILES string of the molecule is O=C(CC(c1ccccc1)c1ccccc1)NCC1([NH+]2CCOCC2)CCCCC1. The molecule has 0 aromatic heterocycles. The van der Waals surface area contributed by atoms with E-state index in [2.05, 4.69) is 53.8 Å². The van der Waals surface area contributed by atoms with Crippen molar-refractivity contribution < 1.29 is 14.4 Å². The highest BCUT2D eigenvalue weighted by Crippen LogP contribution is 2.29. The molecule has 30 heavy (non-hydrogen) atoms. The maximum atomic E-state index is 13.1. The van der Waals surface area contributed by atoms with Gasteiger partial charge in [0.1, 0.15) is 18.6 Å². The lowest BCUT2D eigenvalue weighted by Gasteiger charge is -2.45. The van der Waals surface area contributed by atoms with Crippen LogP contribution in [0.3, 0.4) is 0 Å². The summed E-state index contributed by atoms with van der Waals surface area (Å²) in [5.41, 5.74) is 2.59. The van der Waals surface area contributed by atoms with Gasteiger partial charge in [-0.05, 0) is 24.0 Å². The Balaban J connectivity index is 1.45. The van der Waals surface area contributed by atoms with Crippen LogP contribution in [-0.2, 0) is 9.53 Å². The molecule has 0 bridgehead atoms. The number of morpholine rings is 1. The first kappa shape index (κ1) is 21.1. The molecule has 2 fully saturated rings. The van der Waals surface area contributed by atoms with E-state index in [1.807, 2.05) is 12.1 Å². The number of hydrogen-bond acceptors (Lipinski definition) is 2. The Kier molecular flexibility index (Phi) is 7.19. The standard InChI is InChI=1S/C26H34N2O2/c29-25(20-24(22-10-4-1-5-11-22)23-12-6-2-7-13-23)27-21-26(14-8-3-9-15-26)28-16-18-30-19-17-28/h1-2,4-7,10-13,24H,3,8-9,14-21H2,(H,27,29)/p+1. The number of nitrogens with one attached hydrogen (secondary N) is 2. The molecule has 0 radical (unpaired) electrons. The van der Waals surface area contributed by atoms with E-state index in [0.29, 0.717) is 6.42 Å². The maximum absolute atomic E-state index is 13.1. The van der Waals surface area contributed by atoms with Crippen LogP contribution >= 0.6 is 0 Å². The summed E-state index contributed by atoms with van der Waals surface area (Å²) in [5, 5.41) is 3.36. The highest BCUT2D eigenvalue weighted by atomic mass is 16.5. The Morgan fingerprint density at radius 1 is 0.900 bits per heavy atom. The van der Waals surface area contributed by atoms with Gasteiger partial charge in [0, 0.05) is 25.2 Å². The second-order valence-electron chi connectivity index (χ2n) is 8.91. The lowest BCUT2D eigenvalue weighted by atomic mass is 9.79. The maximum Gasteiger partial charge on any atom is 0.221 e. The third-order valence-electron chi connectivity index (χ3n) is 7.07. The second-order valence-corrected chi connectivity index (χ2v) is 8.91. The van der Waals surface area contributed by atoms with Gasteiger partial charge in [-0.25, -0.2) is 0 Å². The molecule has 4 rings (SSSR count). The van der Waals surface area contributed by atoms with Crippen LogP contribution < -0.4 is 10.2 Å². The number of benzene rings is 2. The van der Waals surface area contributed by atoms with E-state index in [4.69, 9.17) is 4.74 Å². The largest absolute Gasteiger partial charge is 0.370 e. The molecular formula is C26H35N2O2+. The predicted octanol–water partition coefficient (Wildman–Crippen LogP) is 2.94. The van der Waals surface area contributed by atoms with Crippen molar-refractivity contribution in [1.82, 2.24) is 5.32 Å². The summed E-state index contributed by atoms with van der Waals surface area (Å²) in [6.45, 7) is 4.60. The van der Waals surface area contributed by atoms with Crippen molar-refractivity contribution >= 4 is 5.91 Å². The van der Waals surface area contributed by atoms with Gasteiger partial charge in [0.25, 0.3) is 0 Å². The average molecular weight is 408 g/mol. The number of rotatable bonds is 7. The molecule has 1 heterocycles. The number of carbonyl (C=O) groups is 1. The highest BCUT2D eigenvalue weighted by molar-refractivity contribution is 5.77.